The predicted molar refractivity (Wildman–Crippen MR) is 89.6 cm³/mol. The van der Waals surface area contributed by atoms with Crippen LogP contribution in [0, 0.1) is 5.41 Å². The summed E-state index contributed by atoms with van der Waals surface area (Å²) in [5.74, 6) is 9.51. The normalized spacial score (nSPS) is 19.5. The fourth-order valence-electron chi connectivity index (χ4n) is 1.87. The number of rotatable bonds is 3. The lowest BCUT2D eigenvalue weighted by atomic mass is 10.0. The Morgan fingerprint density at radius 3 is 2.32 bits per heavy atom. The summed E-state index contributed by atoms with van der Waals surface area (Å²) in [5, 5.41) is 15.8. The summed E-state index contributed by atoms with van der Waals surface area (Å²) in [6, 6.07) is 5.06. The number of halogens is 1. The molecule has 0 aliphatic carbocycles. The van der Waals surface area contributed by atoms with Crippen LogP contribution in [-0.4, -0.2) is 29.4 Å². The maximum absolute atomic E-state index is 11.3. The van der Waals surface area contributed by atoms with Gasteiger partial charge in [0.05, 0.1) is 0 Å². The van der Waals surface area contributed by atoms with E-state index in [1.165, 1.54) is 0 Å². The van der Waals surface area contributed by atoms with Crippen molar-refractivity contribution in [3.8, 4) is 0 Å². The van der Waals surface area contributed by atoms with E-state index in [1.807, 2.05) is 10.9 Å². The molecular formula is C12H14ClN9O3. The molecule has 0 spiro atoms. The largest absolute Gasteiger partial charge is 0.461 e. The van der Waals surface area contributed by atoms with Crippen LogP contribution in [0.25, 0.3) is 0 Å². The first kappa shape index (κ1) is 18.1. The van der Waals surface area contributed by atoms with Gasteiger partial charge in [-0.05, 0) is 6.07 Å². The van der Waals surface area contributed by atoms with Crippen molar-refractivity contribution in [2.45, 2.75) is 6.10 Å². The molecule has 1 aliphatic rings. The van der Waals surface area contributed by atoms with Crippen molar-refractivity contribution < 1.29 is 14.3 Å². The SMILES string of the molecule is N=C1O[C@H](c2ccccc2Cl)C(=N/NC(=O)NN)/C1=N\NC(=O)NN. The maximum Gasteiger partial charge on any atom is 0.349 e. The third-order valence-electron chi connectivity index (χ3n) is 2.94. The summed E-state index contributed by atoms with van der Waals surface area (Å²) in [6.45, 7) is 0. The lowest BCUT2D eigenvalue weighted by molar-refractivity contribution is 0.240. The van der Waals surface area contributed by atoms with Crippen LogP contribution in [0.5, 0.6) is 0 Å². The number of hydrazone groups is 2. The topological polar surface area (TPSA) is 192 Å². The van der Waals surface area contributed by atoms with Crippen LogP contribution in [0.3, 0.4) is 0 Å². The zero-order valence-electron chi connectivity index (χ0n) is 12.5. The predicted octanol–water partition coefficient (Wildman–Crippen LogP) is -0.554. The van der Waals surface area contributed by atoms with Crippen LogP contribution in [0.4, 0.5) is 9.59 Å². The lowest BCUT2D eigenvalue weighted by Crippen LogP contribution is -2.39. The first-order valence-electron chi connectivity index (χ1n) is 6.66. The number of amides is 4. The molecule has 9 N–H and O–H groups in total. The van der Waals surface area contributed by atoms with Gasteiger partial charge in [0.25, 0.3) is 0 Å². The van der Waals surface area contributed by atoms with Crippen LogP contribution in [0.15, 0.2) is 34.5 Å². The number of carbonyl (C=O) groups excluding carboxylic acids is 2. The van der Waals surface area contributed by atoms with E-state index >= 15 is 0 Å². The Balaban J connectivity index is 2.42. The van der Waals surface area contributed by atoms with Gasteiger partial charge in [0, 0.05) is 10.6 Å². The minimum absolute atomic E-state index is 0.0269. The van der Waals surface area contributed by atoms with E-state index in [0.717, 1.165) is 0 Å². The van der Waals surface area contributed by atoms with Gasteiger partial charge in [-0.15, -0.1) is 0 Å². The zero-order valence-corrected chi connectivity index (χ0v) is 13.3. The Hall–Kier alpha value is -3.22. The number of nitrogens with two attached hydrogens (primary N) is 2. The number of urea groups is 2. The fourth-order valence-corrected chi connectivity index (χ4v) is 2.11. The Morgan fingerprint density at radius 2 is 1.72 bits per heavy atom. The molecule has 1 atom stereocenters. The molecule has 0 saturated carbocycles. The third-order valence-corrected chi connectivity index (χ3v) is 3.28. The molecule has 0 bridgehead atoms. The quantitative estimate of drug-likeness (QED) is 0.213. The smallest absolute Gasteiger partial charge is 0.349 e. The van der Waals surface area contributed by atoms with E-state index in [4.69, 9.17) is 33.4 Å². The minimum atomic E-state index is -0.930. The third kappa shape index (κ3) is 4.20. The second-order valence-corrected chi connectivity index (χ2v) is 4.88. The van der Waals surface area contributed by atoms with Gasteiger partial charge in [-0.2, -0.15) is 10.2 Å². The highest BCUT2D eigenvalue weighted by molar-refractivity contribution is 6.69. The van der Waals surface area contributed by atoms with Crippen molar-refractivity contribution in [3.05, 3.63) is 34.9 Å². The van der Waals surface area contributed by atoms with Crippen molar-refractivity contribution in [3.63, 3.8) is 0 Å². The Bertz CT molecular complexity index is 764. The van der Waals surface area contributed by atoms with Crippen molar-refractivity contribution in [1.29, 1.82) is 5.41 Å². The summed E-state index contributed by atoms with van der Waals surface area (Å²) >= 11 is 6.14. The summed E-state index contributed by atoms with van der Waals surface area (Å²) in [6.07, 6.45) is -0.930. The molecule has 1 fully saturated rings. The van der Waals surface area contributed by atoms with Crippen molar-refractivity contribution >= 4 is 41.0 Å². The highest BCUT2D eigenvalue weighted by Crippen LogP contribution is 2.31. The maximum atomic E-state index is 11.3. The average Bonchev–Trinajstić information content (AvgIpc) is 2.93. The number of hydrazine groups is 2. The molecule has 25 heavy (non-hydrogen) atoms. The molecule has 1 aromatic carbocycles. The molecule has 2 rings (SSSR count). The zero-order chi connectivity index (χ0) is 18.4. The Labute approximate surface area is 146 Å². The van der Waals surface area contributed by atoms with Crippen LogP contribution < -0.4 is 33.4 Å². The number of hydrogen-bond acceptors (Lipinski definition) is 8. The first-order valence-corrected chi connectivity index (χ1v) is 7.04. The van der Waals surface area contributed by atoms with E-state index in [0.29, 0.717) is 10.6 Å². The fraction of sp³-hybridized carbons (Fsp3) is 0.0833. The molecule has 0 unspecified atom stereocenters. The molecule has 1 aliphatic heterocycles. The molecule has 4 amide bonds. The van der Waals surface area contributed by atoms with Crippen LogP contribution in [0.1, 0.15) is 11.7 Å². The van der Waals surface area contributed by atoms with E-state index in [1.54, 1.807) is 29.7 Å². The number of nitrogens with zero attached hydrogens (tertiary/aromatic N) is 2. The number of carbonyl (C=O) groups is 2. The van der Waals surface area contributed by atoms with E-state index < -0.39 is 24.1 Å². The molecule has 132 valence electrons. The Kier molecular flexibility index (Phi) is 5.84. The van der Waals surface area contributed by atoms with Gasteiger partial charge in [-0.25, -0.2) is 32.1 Å². The molecule has 12 nitrogen and oxygen atoms in total. The highest BCUT2D eigenvalue weighted by Gasteiger charge is 2.38. The molecule has 1 heterocycles. The first-order chi connectivity index (χ1) is 12.0. The van der Waals surface area contributed by atoms with Crippen LogP contribution in [-0.2, 0) is 4.74 Å². The summed E-state index contributed by atoms with van der Waals surface area (Å²) in [7, 11) is 0. The van der Waals surface area contributed by atoms with Gasteiger partial charge in [-0.3, -0.25) is 16.3 Å². The second-order valence-electron chi connectivity index (χ2n) is 4.48. The van der Waals surface area contributed by atoms with Crippen molar-refractivity contribution in [1.82, 2.24) is 21.7 Å². The van der Waals surface area contributed by atoms with Gasteiger partial charge in [-0.1, -0.05) is 29.8 Å². The molecule has 0 radical (unpaired) electrons. The molecule has 1 aromatic rings. The number of ether oxygens (including phenoxy) is 1. The van der Waals surface area contributed by atoms with Gasteiger partial charge in [0.15, 0.2) is 11.8 Å². The molecule has 13 heteroatoms. The molecule has 0 aromatic heterocycles. The highest BCUT2D eigenvalue weighted by atomic mass is 35.5. The summed E-state index contributed by atoms with van der Waals surface area (Å²) in [4.78, 5) is 22.4. The van der Waals surface area contributed by atoms with Crippen molar-refractivity contribution in [2.75, 3.05) is 0 Å². The summed E-state index contributed by atoms with van der Waals surface area (Å²) < 4.78 is 5.42. The van der Waals surface area contributed by atoms with E-state index in [2.05, 4.69) is 15.6 Å². The number of benzene rings is 1. The standard InChI is InChI=1S/C12H14ClN9O3/c13-6-4-2-1-3-5(6)9-7(19-21-11(23)17-15)8(10(14)25-9)20-22-12(24)18-16/h1-4,9,14H,15-16H2,(H2,17,21,23)(H2,18,22,24)/b14-10?,19-7+,20-8+/t9-/m1/s1. The van der Waals surface area contributed by atoms with Gasteiger partial charge >= 0.3 is 12.1 Å². The van der Waals surface area contributed by atoms with E-state index in [9.17, 15) is 9.59 Å². The average molecular weight is 368 g/mol. The van der Waals surface area contributed by atoms with Crippen LogP contribution in [0.2, 0.25) is 5.02 Å². The number of hydrogen-bond donors (Lipinski definition) is 7. The minimum Gasteiger partial charge on any atom is -0.461 e. The lowest BCUT2D eigenvalue weighted by Gasteiger charge is -2.12. The summed E-state index contributed by atoms with van der Waals surface area (Å²) in [5.41, 5.74) is 8.16. The molecular weight excluding hydrogens is 354 g/mol. The van der Waals surface area contributed by atoms with Gasteiger partial charge in [0.2, 0.25) is 5.90 Å². The number of nitrogens with one attached hydrogen (secondary N) is 5. The van der Waals surface area contributed by atoms with E-state index in [-0.39, 0.29) is 11.4 Å². The Morgan fingerprint density at radius 1 is 1.12 bits per heavy atom. The van der Waals surface area contributed by atoms with Crippen molar-refractivity contribution in [2.24, 2.45) is 21.9 Å². The van der Waals surface area contributed by atoms with Gasteiger partial charge in [0.1, 0.15) is 5.71 Å². The monoisotopic (exact) mass is 367 g/mol. The van der Waals surface area contributed by atoms with Crippen LogP contribution >= 0.6 is 11.6 Å². The molecule has 1 saturated heterocycles. The van der Waals surface area contributed by atoms with Gasteiger partial charge < -0.3 is 4.74 Å². The second kappa shape index (κ2) is 8.05.